The number of fused-ring (bicyclic) bond motifs is 3. The molecule has 35 heavy (non-hydrogen) atoms. The van der Waals surface area contributed by atoms with E-state index < -0.39 is 0 Å². The molecule has 1 aromatic heterocycles. The van der Waals surface area contributed by atoms with Crippen molar-refractivity contribution in [3.8, 4) is 22.8 Å². The summed E-state index contributed by atoms with van der Waals surface area (Å²) >= 11 is 0. The number of methoxy groups -OCH3 is 2. The summed E-state index contributed by atoms with van der Waals surface area (Å²) in [6, 6.07) is 12.2. The van der Waals surface area contributed by atoms with Crippen LogP contribution in [0.25, 0.3) is 11.3 Å². The van der Waals surface area contributed by atoms with Gasteiger partial charge in [-0.1, -0.05) is 45.9 Å². The van der Waals surface area contributed by atoms with Crippen molar-refractivity contribution in [1.82, 2.24) is 9.55 Å². The van der Waals surface area contributed by atoms with Crippen LogP contribution in [-0.4, -0.2) is 30.3 Å². The minimum absolute atomic E-state index is 0.0659. The average Bonchev–Trinajstić information content (AvgIpc) is 2.83. The number of nitrogens with two attached hydrogens (primary N) is 1. The van der Waals surface area contributed by atoms with E-state index in [1.807, 2.05) is 18.2 Å². The van der Waals surface area contributed by atoms with Crippen molar-refractivity contribution in [2.24, 2.45) is 5.73 Å². The van der Waals surface area contributed by atoms with Crippen molar-refractivity contribution in [1.29, 1.82) is 0 Å². The molecule has 4 rings (SSSR count). The van der Waals surface area contributed by atoms with Gasteiger partial charge in [0.05, 0.1) is 19.9 Å². The number of nitrogens with one attached hydrogen (secondary N) is 1. The van der Waals surface area contributed by atoms with Crippen molar-refractivity contribution in [2.75, 3.05) is 26.1 Å². The molecule has 3 aromatic rings. The number of benzene rings is 2. The highest BCUT2D eigenvalue weighted by Gasteiger charge is 2.28. The molecule has 1 aliphatic rings. The molecule has 7 heteroatoms. The zero-order valence-corrected chi connectivity index (χ0v) is 21.5. The van der Waals surface area contributed by atoms with E-state index in [-0.39, 0.29) is 11.7 Å². The maximum absolute atomic E-state index is 13.4. The van der Waals surface area contributed by atoms with Crippen LogP contribution in [0.15, 0.2) is 41.2 Å². The third kappa shape index (κ3) is 4.65. The zero-order chi connectivity index (χ0) is 25.3. The van der Waals surface area contributed by atoms with Gasteiger partial charge in [-0.3, -0.25) is 4.57 Å². The first-order valence-corrected chi connectivity index (χ1v) is 12.3. The predicted octanol–water partition coefficient (Wildman–Crippen LogP) is 5.36. The predicted molar refractivity (Wildman–Crippen MR) is 141 cm³/mol. The number of anilines is 2. The Bertz CT molecular complexity index is 1250. The topological polar surface area (TPSA) is 91.4 Å². The normalized spacial score (nSPS) is 14.6. The molecule has 0 aliphatic carbocycles. The summed E-state index contributed by atoms with van der Waals surface area (Å²) in [6.07, 6.45) is 1.37. The number of hydrogen-bond acceptors (Lipinski definition) is 6. The van der Waals surface area contributed by atoms with Crippen molar-refractivity contribution in [2.45, 2.75) is 58.4 Å². The fraction of sp³-hybridized carbons (Fsp3) is 0.429. The molecule has 2 aromatic carbocycles. The van der Waals surface area contributed by atoms with Gasteiger partial charge in [0.2, 0.25) is 0 Å². The maximum Gasteiger partial charge on any atom is 0.350 e. The van der Waals surface area contributed by atoms with Gasteiger partial charge in [0.25, 0.3) is 0 Å². The maximum atomic E-state index is 13.4. The summed E-state index contributed by atoms with van der Waals surface area (Å²) in [7, 11) is 3.25. The molecule has 1 atom stereocenters. The van der Waals surface area contributed by atoms with Crippen molar-refractivity contribution < 1.29 is 9.47 Å². The van der Waals surface area contributed by atoms with Gasteiger partial charge in [0, 0.05) is 23.4 Å². The second-order valence-electron chi connectivity index (χ2n) is 9.72. The fourth-order valence-corrected chi connectivity index (χ4v) is 5.04. The Morgan fingerprint density at radius 2 is 1.69 bits per heavy atom. The number of aromatic nitrogens is 2. The highest BCUT2D eigenvalue weighted by atomic mass is 16.5. The van der Waals surface area contributed by atoms with Crippen molar-refractivity contribution in [3.05, 3.63) is 63.6 Å². The molecule has 0 spiro atoms. The molecule has 3 N–H and O–H groups in total. The van der Waals surface area contributed by atoms with Gasteiger partial charge in [-0.2, -0.15) is 4.98 Å². The van der Waals surface area contributed by atoms with Crippen LogP contribution >= 0.6 is 0 Å². The van der Waals surface area contributed by atoms with Gasteiger partial charge in [-0.05, 0) is 60.0 Å². The first kappa shape index (κ1) is 24.8. The van der Waals surface area contributed by atoms with Crippen LogP contribution in [-0.2, 0) is 6.42 Å². The Morgan fingerprint density at radius 1 is 1.06 bits per heavy atom. The second kappa shape index (κ2) is 10.1. The molecule has 186 valence electrons. The SMILES string of the molecule is COc1cc2c(cc1OC)-c1cc(Nc3c(C(C)C)cccc3C(C)C)nc(=O)n1C(CCN)C2. The van der Waals surface area contributed by atoms with Crippen LogP contribution in [0, 0.1) is 0 Å². The van der Waals surface area contributed by atoms with Gasteiger partial charge in [0.15, 0.2) is 11.5 Å². The van der Waals surface area contributed by atoms with E-state index in [9.17, 15) is 4.79 Å². The van der Waals surface area contributed by atoms with Gasteiger partial charge >= 0.3 is 5.69 Å². The second-order valence-corrected chi connectivity index (χ2v) is 9.72. The molecular formula is C28H36N4O3. The number of para-hydroxylation sites is 1. The zero-order valence-electron chi connectivity index (χ0n) is 21.5. The van der Waals surface area contributed by atoms with Crippen LogP contribution in [0.3, 0.4) is 0 Å². The molecule has 0 saturated heterocycles. The van der Waals surface area contributed by atoms with E-state index in [4.69, 9.17) is 15.2 Å². The minimum Gasteiger partial charge on any atom is -0.493 e. The largest absolute Gasteiger partial charge is 0.493 e. The molecule has 0 saturated carbocycles. The Kier molecular flexibility index (Phi) is 7.17. The third-order valence-corrected chi connectivity index (χ3v) is 6.79. The Hall–Kier alpha value is -3.32. The molecule has 0 bridgehead atoms. The Morgan fingerprint density at radius 3 is 2.26 bits per heavy atom. The van der Waals surface area contributed by atoms with E-state index in [1.165, 1.54) is 11.1 Å². The lowest BCUT2D eigenvalue weighted by atomic mass is 9.90. The lowest BCUT2D eigenvalue weighted by Gasteiger charge is -2.30. The summed E-state index contributed by atoms with van der Waals surface area (Å²) in [6.45, 7) is 9.18. The van der Waals surface area contributed by atoms with Crippen molar-refractivity contribution in [3.63, 3.8) is 0 Å². The van der Waals surface area contributed by atoms with Crippen LogP contribution in [0.1, 0.15) is 68.7 Å². The molecule has 7 nitrogen and oxygen atoms in total. The summed E-state index contributed by atoms with van der Waals surface area (Å²) in [4.78, 5) is 17.9. The van der Waals surface area contributed by atoms with E-state index >= 15 is 0 Å². The standard InChI is InChI=1S/C28H36N4O3/c1-16(2)20-8-7-9-21(17(3)4)27(20)30-26-15-23-22-14-25(35-6)24(34-5)13-18(22)12-19(10-11-29)32(23)28(33)31-26/h7-9,13-17,19H,10-12,29H2,1-6H3,(H,30,31,33). The number of nitrogens with zero attached hydrogens (tertiary/aromatic N) is 2. The number of hydrogen-bond donors (Lipinski definition) is 2. The van der Waals surface area contributed by atoms with Gasteiger partial charge in [-0.15, -0.1) is 0 Å². The van der Waals surface area contributed by atoms with Crippen molar-refractivity contribution >= 4 is 11.5 Å². The van der Waals surface area contributed by atoms with Crippen LogP contribution in [0.4, 0.5) is 11.5 Å². The minimum atomic E-state index is -0.281. The number of ether oxygens (including phenoxy) is 2. The highest BCUT2D eigenvalue weighted by Crippen LogP contribution is 2.42. The van der Waals surface area contributed by atoms with Crippen LogP contribution in [0.2, 0.25) is 0 Å². The molecular weight excluding hydrogens is 440 g/mol. The summed E-state index contributed by atoms with van der Waals surface area (Å²) < 4.78 is 12.9. The molecule has 1 unspecified atom stereocenters. The van der Waals surface area contributed by atoms with Gasteiger partial charge in [-0.25, -0.2) is 4.79 Å². The van der Waals surface area contributed by atoms with E-state index in [0.717, 1.165) is 22.5 Å². The van der Waals surface area contributed by atoms with Crippen LogP contribution in [0.5, 0.6) is 11.5 Å². The highest BCUT2D eigenvalue weighted by molar-refractivity contribution is 5.74. The summed E-state index contributed by atoms with van der Waals surface area (Å²) in [5.41, 5.74) is 11.9. The molecule has 0 radical (unpaired) electrons. The molecule has 1 aliphatic heterocycles. The summed E-state index contributed by atoms with van der Waals surface area (Å²) in [5.74, 6) is 2.47. The van der Waals surface area contributed by atoms with Gasteiger partial charge < -0.3 is 20.5 Å². The third-order valence-electron chi connectivity index (χ3n) is 6.79. The van der Waals surface area contributed by atoms with Crippen LogP contribution < -0.4 is 26.2 Å². The lowest BCUT2D eigenvalue weighted by molar-refractivity contribution is 0.353. The number of rotatable bonds is 8. The van der Waals surface area contributed by atoms with E-state index in [2.05, 4.69) is 56.2 Å². The first-order chi connectivity index (χ1) is 16.8. The molecule has 2 heterocycles. The average molecular weight is 477 g/mol. The van der Waals surface area contributed by atoms with Gasteiger partial charge in [0.1, 0.15) is 5.82 Å². The van der Waals surface area contributed by atoms with E-state index in [1.54, 1.807) is 18.8 Å². The smallest absolute Gasteiger partial charge is 0.350 e. The molecule has 0 fully saturated rings. The monoisotopic (exact) mass is 476 g/mol. The van der Waals surface area contributed by atoms with E-state index in [0.29, 0.717) is 48.5 Å². The Labute approximate surface area is 207 Å². The summed E-state index contributed by atoms with van der Waals surface area (Å²) in [5, 5.41) is 3.52. The fourth-order valence-electron chi connectivity index (χ4n) is 5.04. The lowest BCUT2D eigenvalue weighted by Crippen LogP contribution is -2.34. The molecule has 0 amide bonds. The Balaban J connectivity index is 1.90. The quantitative estimate of drug-likeness (QED) is 0.455. The first-order valence-electron chi connectivity index (χ1n) is 12.3.